The third kappa shape index (κ3) is 5.31. The van der Waals surface area contributed by atoms with Gasteiger partial charge < -0.3 is 9.64 Å². The van der Waals surface area contributed by atoms with Crippen LogP contribution in [-0.2, 0) is 14.8 Å². The molecule has 9 heteroatoms. The van der Waals surface area contributed by atoms with E-state index in [2.05, 4.69) is 0 Å². The topological polar surface area (TPSA) is 66.9 Å². The summed E-state index contributed by atoms with van der Waals surface area (Å²) in [5.41, 5.74) is 0. The van der Waals surface area contributed by atoms with Crippen molar-refractivity contribution in [3.05, 3.63) is 46.3 Å². The molecular formula is C20H25ClN2O4S2. The molecule has 1 aromatic carbocycles. The average Bonchev–Trinajstić information content (AvgIpc) is 3.16. The van der Waals surface area contributed by atoms with Crippen molar-refractivity contribution >= 4 is 38.9 Å². The van der Waals surface area contributed by atoms with Crippen molar-refractivity contribution in [2.75, 3.05) is 33.3 Å². The molecule has 0 bridgehead atoms. The lowest BCUT2D eigenvalue weighted by molar-refractivity contribution is -0.135. The quantitative estimate of drug-likeness (QED) is 0.637. The van der Waals surface area contributed by atoms with Crippen LogP contribution in [0.2, 0.25) is 5.02 Å². The first-order valence-electron chi connectivity index (χ1n) is 9.48. The van der Waals surface area contributed by atoms with Crippen LogP contribution in [-0.4, -0.2) is 56.8 Å². The van der Waals surface area contributed by atoms with Gasteiger partial charge in [0.25, 0.3) is 10.0 Å². The molecule has 3 rings (SSSR count). The van der Waals surface area contributed by atoms with E-state index in [9.17, 15) is 13.2 Å². The molecule has 0 spiro atoms. The Bertz CT molecular complexity index is 961. The number of nitrogens with zero attached hydrogens (tertiary/aromatic N) is 2. The minimum absolute atomic E-state index is 0.0602. The molecule has 1 saturated heterocycles. The first-order chi connectivity index (χ1) is 13.8. The molecule has 1 fully saturated rings. The lowest BCUT2D eigenvalue weighted by Gasteiger charge is -2.33. The van der Waals surface area contributed by atoms with Crippen LogP contribution in [0.25, 0.3) is 0 Å². The molecule has 0 saturated carbocycles. The van der Waals surface area contributed by atoms with Crippen LogP contribution in [0, 0.1) is 12.8 Å². The summed E-state index contributed by atoms with van der Waals surface area (Å²) in [6.07, 6.45) is 1.36. The highest BCUT2D eigenvalue weighted by molar-refractivity contribution is 7.91. The Morgan fingerprint density at radius 3 is 2.76 bits per heavy atom. The predicted molar refractivity (Wildman–Crippen MR) is 115 cm³/mol. The summed E-state index contributed by atoms with van der Waals surface area (Å²) < 4.78 is 33.2. The zero-order chi connectivity index (χ0) is 21.0. The van der Waals surface area contributed by atoms with E-state index in [1.807, 2.05) is 19.1 Å². The van der Waals surface area contributed by atoms with Crippen molar-refractivity contribution in [2.45, 2.75) is 24.0 Å². The molecule has 2 aromatic rings. The van der Waals surface area contributed by atoms with Gasteiger partial charge in [-0.1, -0.05) is 23.7 Å². The summed E-state index contributed by atoms with van der Waals surface area (Å²) in [6.45, 7) is 3.26. The summed E-state index contributed by atoms with van der Waals surface area (Å²) in [7, 11) is -1.83. The molecule has 158 valence electrons. The SMILES string of the molecule is Cc1ccc(S(=O)(=O)N2CCC[C@H](C(=O)N(C)CCOc3ccccc3Cl)C2)s1. The number of benzene rings is 1. The molecule has 0 N–H and O–H groups in total. The maximum absolute atomic E-state index is 12.9. The highest BCUT2D eigenvalue weighted by atomic mass is 35.5. The number of rotatable bonds is 7. The number of aryl methyl sites for hydroxylation is 1. The maximum atomic E-state index is 12.9. The van der Waals surface area contributed by atoms with Crippen molar-refractivity contribution in [3.8, 4) is 5.75 Å². The van der Waals surface area contributed by atoms with Gasteiger partial charge in [-0.3, -0.25) is 4.79 Å². The molecular weight excluding hydrogens is 432 g/mol. The number of hydrogen-bond donors (Lipinski definition) is 0. The maximum Gasteiger partial charge on any atom is 0.252 e. The Morgan fingerprint density at radius 1 is 1.31 bits per heavy atom. The number of hydrogen-bond acceptors (Lipinski definition) is 5. The zero-order valence-corrected chi connectivity index (χ0v) is 18.9. The highest BCUT2D eigenvalue weighted by Crippen LogP contribution is 2.29. The molecule has 29 heavy (non-hydrogen) atoms. The summed E-state index contributed by atoms with van der Waals surface area (Å²) in [6, 6.07) is 10.6. The van der Waals surface area contributed by atoms with Crippen molar-refractivity contribution < 1.29 is 17.9 Å². The van der Waals surface area contributed by atoms with E-state index in [1.165, 1.54) is 15.6 Å². The van der Waals surface area contributed by atoms with Gasteiger partial charge >= 0.3 is 0 Å². The van der Waals surface area contributed by atoms with Gasteiger partial charge in [0, 0.05) is 25.0 Å². The Balaban J connectivity index is 1.56. The second-order valence-electron chi connectivity index (χ2n) is 7.11. The number of likely N-dealkylation sites (N-methyl/N-ethyl adjacent to an activating group) is 1. The number of carbonyl (C=O) groups is 1. The molecule has 1 amide bonds. The van der Waals surface area contributed by atoms with E-state index in [0.29, 0.717) is 47.5 Å². The van der Waals surface area contributed by atoms with Gasteiger partial charge in [-0.15, -0.1) is 11.3 Å². The number of para-hydroxylation sites is 1. The molecule has 1 aliphatic heterocycles. The van der Waals surface area contributed by atoms with Crippen LogP contribution in [0.3, 0.4) is 0 Å². The van der Waals surface area contributed by atoms with Crippen LogP contribution in [0.15, 0.2) is 40.6 Å². The molecule has 6 nitrogen and oxygen atoms in total. The van der Waals surface area contributed by atoms with Gasteiger partial charge in [-0.2, -0.15) is 4.31 Å². The Labute approximate surface area is 181 Å². The predicted octanol–water partition coefficient (Wildman–Crippen LogP) is 3.65. The number of ether oxygens (including phenoxy) is 1. The highest BCUT2D eigenvalue weighted by Gasteiger charge is 2.35. The molecule has 0 aliphatic carbocycles. The summed E-state index contributed by atoms with van der Waals surface area (Å²) in [5.74, 6) is 0.177. The van der Waals surface area contributed by atoms with Gasteiger partial charge in [0.15, 0.2) is 0 Å². The van der Waals surface area contributed by atoms with Crippen LogP contribution >= 0.6 is 22.9 Å². The van der Waals surface area contributed by atoms with Crippen LogP contribution in [0.4, 0.5) is 0 Å². The second-order valence-corrected chi connectivity index (χ2v) is 11.0. The molecule has 1 atom stereocenters. The van der Waals surface area contributed by atoms with Gasteiger partial charge in [-0.05, 0) is 44.0 Å². The Morgan fingerprint density at radius 2 is 2.07 bits per heavy atom. The van der Waals surface area contributed by atoms with Crippen LogP contribution < -0.4 is 4.74 Å². The van der Waals surface area contributed by atoms with Gasteiger partial charge in [0.05, 0.1) is 17.5 Å². The first-order valence-corrected chi connectivity index (χ1v) is 12.1. The summed E-state index contributed by atoms with van der Waals surface area (Å²) in [4.78, 5) is 15.4. The summed E-state index contributed by atoms with van der Waals surface area (Å²) >= 11 is 7.33. The fraction of sp³-hybridized carbons (Fsp3) is 0.450. The first kappa shape index (κ1) is 22.1. The second kappa shape index (κ2) is 9.47. The summed E-state index contributed by atoms with van der Waals surface area (Å²) in [5, 5.41) is 0.526. The van der Waals surface area contributed by atoms with Crippen molar-refractivity contribution in [1.29, 1.82) is 0 Å². The Kier molecular flexibility index (Phi) is 7.21. The lowest BCUT2D eigenvalue weighted by Crippen LogP contribution is -2.46. The molecule has 2 heterocycles. The van der Waals surface area contributed by atoms with Crippen LogP contribution in [0.1, 0.15) is 17.7 Å². The minimum Gasteiger partial charge on any atom is -0.490 e. The fourth-order valence-electron chi connectivity index (χ4n) is 3.32. The van der Waals surface area contributed by atoms with Crippen molar-refractivity contribution in [1.82, 2.24) is 9.21 Å². The Hall–Kier alpha value is -1.61. The standard InChI is InChI=1S/C20H25ClN2O4S2/c1-15-9-10-19(28-15)29(25,26)23-11-5-6-16(14-23)20(24)22(2)12-13-27-18-8-4-3-7-17(18)21/h3-4,7-10,16H,5-6,11-14H2,1-2H3/t16-/m0/s1. The molecule has 1 aliphatic rings. The van der Waals surface area contributed by atoms with Gasteiger partial charge in [0.1, 0.15) is 16.6 Å². The van der Waals surface area contributed by atoms with Crippen molar-refractivity contribution in [2.24, 2.45) is 5.92 Å². The lowest BCUT2D eigenvalue weighted by atomic mass is 9.98. The number of sulfonamides is 1. The van der Waals surface area contributed by atoms with E-state index < -0.39 is 10.0 Å². The third-order valence-electron chi connectivity index (χ3n) is 4.94. The number of halogens is 1. The van der Waals surface area contributed by atoms with Gasteiger partial charge in [0.2, 0.25) is 5.91 Å². The van der Waals surface area contributed by atoms with E-state index in [4.69, 9.17) is 16.3 Å². The number of thiophene rings is 1. The molecule has 1 aromatic heterocycles. The number of amides is 1. The van der Waals surface area contributed by atoms with Gasteiger partial charge in [-0.25, -0.2) is 8.42 Å². The normalized spacial score (nSPS) is 17.8. The average molecular weight is 457 g/mol. The number of piperidine rings is 1. The number of carbonyl (C=O) groups excluding carboxylic acids is 1. The molecule has 0 unspecified atom stereocenters. The van der Waals surface area contributed by atoms with E-state index in [1.54, 1.807) is 36.2 Å². The van der Waals surface area contributed by atoms with E-state index in [-0.39, 0.29) is 18.4 Å². The van der Waals surface area contributed by atoms with Crippen molar-refractivity contribution in [3.63, 3.8) is 0 Å². The minimum atomic E-state index is -3.55. The molecule has 0 radical (unpaired) electrons. The largest absolute Gasteiger partial charge is 0.490 e. The van der Waals surface area contributed by atoms with E-state index >= 15 is 0 Å². The third-order valence-corrected chi connectivity index (χ3v) is 8.59. The zero-order valence-electron chi connectivity index (χ0n) is 16.5. The monoisotopic (exact) mass is 456 g/mol. The van der Waals surface area contributed by atoms with E-state index in [0.717, 1.165) is 4.88 Å². The smallest absolute Gasteiger partial charge is 0.252 e. The fourth-order valence-corrected chi connectivity index (χ4v) is 6.47. The van der Waals surface area contributed by atoms with Crippen LogP contribution in [0.5, 0.6) is 5.75 Å².